The van der Waals surface area contributed by atoms with Crippen molar-refractivity contribution in [2.24, 2.45) is 4.99 Å². The van der Waals surface area contributed by atoms with Gasteiger partial charge in [-0.05, 0) is 6.07 Å². The van der Waals surface area contributed by atoms with Gasteiger partial charge in [-0.25, -0.2) is 4.79 Å². The van der Waals surface area contributed by atoms with E-state index >= 15 is 0 Å². The van der Waals surface area contributed by atoms with E-state index in [2.05, 4.69) is 4.99 Å². The Balaban J connectivity index is 2.42. The molecule has 1 unspecified atom stereocenters. The summed E-state index contributed by atoms with van der Waals surface area (Å²) in [6.07, 6.45) is 1.55. The van der Waals surface area contributed by atoms with E-state index in [0.717, 1.165) is 11.3 Å². The summed E-state index contributed by atoms with van der Waals surface area (Å²) in [6.45, 7) is 0.453. The van der Waals surface area contributed by atoms with Crippen molar-refractivity contribution < 1.29 is 9.53 Å². The van der Waals surface area contributed by atoms with E-state index in [9.17, 15) is 4.79 Å². The van der Waals surface area contributed by atoms with Crippen LogP contribution in [0, 0.1) is 0 Å². The van der Waals surface area contributed by atoms with E-state index in [-0.39, 0.29) is 6.04 Å². The summed E-state index contributed by atoms with van der Waals surface area (Å²) in [5.74, 6) is 0.821. The summed E-state index contributed by atoms with van der Waals surface area (Å²) >= 11 is 0. The number of rotatable bonds is 1. The smallest absolute Gasteiger partial charge is 0.235 e. The SMILES string of the molecule is O=C=NC1COc2ccccc21. The van der Waals surface area contributed by atoms with Crippen LogP contribution in [0.15, 0.2) is 29.3 Å². The van der Waals surface area contributed by atoms with Crippen molar-refractivity contribution in [2.45, 2.75) is 6.04 Å². The number of isocyanates is 1. The van der Waals surface area contributed by atoms with Crippen molar-refractivity contribution in [3.63, 3.8) is 0 Å². The van der Waals surface area contributed by atoms with Gasteiger partial charge in [-0.3, -0.25) is 0 Å². The van der Waals surface area contributed by atoms with Gasteiger partial charge in [0.25, 0.3) is 0 Å². The molecule has 3 heteroatoms. The van der Waals surface area contributed by atoms with E-state index in [1.165, 1.54) is 0 Å². The van der Waals surface area contributed by atoms with Crippen LogP contribution in [0.3, 0.4) is 0 Å². The lowest BCUT2D eigenvalue weighted by Gasteiger charge is -1.96. The molecule has 0 spiro atoms. The average Bonchev–Trinajstić information content (AvgIpc) is 2.50. The zero-order valence-corrected chi connectivity index (χ0v) is 6.36. The number of aliphatic imine (C=N–C) groups is 1. The van der Waals surface area contributed by atoms with Crippen LogP contribution in [0.5, 0.6) is 5.75 Å². The Labute approximate surface area is 69.7 Å². The van der Waals surface area contributed by atoms with Crippen LogP contribution in [0.1, 0.15) is 11.6 Å². The predicted octanol–water partition coefficient (Wildman–Crippen LogP) is 1.46. The Morgan fingerprint density at radius 2 is 2.33 bits per heavy atom. The lowest BCUT2D eigenvalue weighted by molar-refractivity contribution is 0.333. The summed E-state index contributed by atoms with van der Waals surface area (Å²) in [5.41, 5.74) is 0.973. The molecule has 2 rings (SSSR count). The highest BCUT2D eigenvalue weighted by atomic mass is 16.5. The first-order valence-electron chi connectivity index (χ1n) is 3.70. The second-order valence-electron chi connectivity index (χ2n) is 2.59. The number of hydrogen-bond donors (Lipinski definition) is 0. The predicted molar refractivity (Wildman–Crippen MR) is 42.8 cm³/mol. The lowest BCUT2D eigenvalue weighted by atomic mass is 10.1. The monoisotopic (exact) mass is 161 g/mol. The Bertz CT molecular complexity index is 342. The van der Waals surface area contributed by atoms with Gasteiger partial charge in [-0.15, -0.1) is 0 Å². The molecule has 3 nitrogen and oxygen atoms in total. The van der Waals surface area contributed by atoms with Crippen LogP contribution in [0.2, 0.25) is 0 Å². The van der Waals surface area contributed by atoms with Gasteiger partial charge in [0.05, 0.1) is 0 Å². The maximum atomic E-state index is 10.0. The molecule has 0 amide bonds. The average molecular weight is 161 g/mol. The first-order chi connectivity index (χ1) is 5.92. The van der Waals surface area contributed by atoms with Crippen LogP contribution in [-0.2, 0) is 4.79 Å². The second-order valence-corrected chi connectivity index (χ2v) is 2.59. The minimum atomic E-state index is -0.154. The third-order valence-corrected chi connectivity index (χ3v) is 1.88. The highest BCUT2D eigenvalue weighted by Gasteiger charge is 2.22. The van der Waals surface area contributed by atoms with Gasteiger partial charge in [0, 0.05) is 5.56 Å². The molecule has 60 valence electrons. The van der Waals surface area contributed by atoms with Crippen LogP contribution >= 0.6 is 0 Å². The van der Waals surface area contributed by atoms with Crippen molar-refractivity contribution in [3.05, 3.63) is 29.8 Å². The van der Waals surface area contributed by atoms with Crippen molar-refractivity contribution in [1.82, 2.24) is 0 Å². The number of carbonyl (C=O) groups excluding carboxylic acids is 1. The zero-order chi connectivity index (χ0) is 8.39. The molecule has 1 aliphatic heterocycles. The molecule has 0 radical (unpaired) electrons. The Hall–Kier alpha value is -1.60. The van der Waals surface area contributed by atoms with E-state index in [0.29, 0.717) is 6.61 Å². The molecule has 12 heavy (non-hydrogen) atoms. The highest BCUT2D eigenvalue weighted by Crippen LogP contribution is 2.33. The summed E-state index contributed by atoms with van der Waals surface area (Å²) in [5, 5.41) is 0. The fourth-order valence-corrected chi connectivity index (χ4v) is 1.32. The van der Waals surface area contributed by atoms with E-state index < -0.39 is 0 Å². The van der Waals surface area contributed by atoms with Crippen molar-refractivity contribution in [1.29, 1.82) is 0 Å². The molecule has 1 aliphatic rings. The van der Waals surface area contributed by atoms with Crippen LogP contribution in [-0.4, -0.2) is 12.7 Å². The van der Waals surface area contributed by atoms with E-state index in [4.69, 9.17) is 4.74 Å². The van der Waals surface area contributed by atoms with Gasteiger partial charge >= 0.3 is 0 Å². The Kier molecular flexibility index (Phi) is 1.65. The standard InChI is InChI=1S/C9H7NO2/c11-6-10-8-5-12-9-4-2-1-3-7(8)9/h1-4,8H,5H2. The highest BCUT2D eigenvalue weighted by molar-refractivity contribution is 5.42. The molecule has 0 saturated carbocycles. The van der Waals surface area contributed by atoms with Gasteiger partial charge in [-0.1, -0.05) is 18.2 Å². The lowest BCUT2D eigenvalue weighted by Crippen LogP contribution is -1.95. The van der Waals surface area contributed by atoms with Gasteiger partial charge in [0.15, 0.2) is 0 Å². The molecule has 0 fully saturated rings. The largest absolute Gasteiger partial charge is 0.491 e. The minimum Gasteiger partial charge on any atom is -0.491 e. The van der Waals surface area contributed by atoms with Crippen molar-refractivity contribution in [3.8, 4) is 5.75 Å². The first kappa shape index (κ1) is 7.07. The Morgan fingerprint density at radius 3 is 3.17 bits per heavy atom. The summed E-state index contributed by atoms with van der Waals surface area (Å²) < 4.78 is 5.29. The van der Waals surface area contributed by atoms with Crippen molar-refractivity contribution >= 4 is 6.08 Å². The van der Waals surface area contributed by atoms with Gasteiger partial charge in [-0.2, -0.15) is 4.99 Å². The molecule has 1 heterocycles. The molecule has 0 bridgehead atoms. The summed E-state index contributed by atoms with van der Waals surface area (Å²) in [4.78, 5) is 13.7. The number of benzene rings is 1. The number of hydrogen-bond acceptors (Lipinski definition) is 3. The number of nitrogens with zero attached hydrogens (tertiary/aromatic N) is 1. The summed E-state index contributed by atoms with van der Waals surface area (Å²) in [6, 6.07) is 7.43. The van der Waals surface area contributed by atoms with E-state index in [1.54, 1.807) is 6.08 Å². The molecule has 0 N–H and O–H groups in total. The number of ether oxygens (including phenoxy) is 1. The number of para-hydroxylation sites is 1. The topological polar surface area (TPSA) is 38.7 Å². The molecule has 0 aromatic heterocycles. The molecule has 1 aromatic rings. The molecule has 1 aromatic carbocycles. The second kappa shape index (κ2) is 2.80. The third-order valence-electron chi connectivity index (χ3n) is 1.88. The maximum Gasteiger partial charge on any atom is 0.235 e. The van der Waals surface area contributed by atoms with Crippen LogP contribution in [0.4, 0.5) is 0 Å². The fraction of sp³-hybridized carbons (Fsp3) is 0.222. The first-order valence-corrected chi connectivity index (χ1v) is 3.70. The van der Waals surface area contributed by atoms with Crippen LogP contribution in [0.25, 0.3) is 0 Å². The Morgan fingerprint density at radius 1 is 1.50 bits per heavy atom. The fourth-order valence-electron chi connectivity index (χ4n) is 1.32. The summed E-state index contributed by atoms with van der Waals surface area (Å²) in [7, 11) is 0. The minimum absolute atomic E-state index is 0.154. The molecule has 0 aliphatic carbocycles. The molecular weight excluding hydrogens is 154 g/mol. The van der Waals surface area contributed by atoms with E-state index in [1.807, 2.05) is 24.3 Å². The quantitative estimate of drug-likeness (QED) is 0.462. The van der Waals surface area contributed by atoms with Gasteiger partial charge in [0.2, 0.25) is 6.08 Å². The van der Waals surface area contributed by atoms with Crippen molar-refractivity contribution in [2.75, 3.05) is 6.61 Å². The zero-order valence-electron chi connectivity index (χ0n) is 6.36. The normalized spacial score (nSPS) is 19.2. The van der Waals surface area contributed by atoms with Crippen LogP contribution < -0.4 is 4.74 Å². The maximum absolute atomic E-state index is 10.0. The van der Waals surface area contributed by atoms with Gasteiger partial charge < -0.3 is 4.74 Å². The third kappa shape index (κ3) is 1.00. The molecule has 0 saturated heterocycles. The molecule has 1 atom stereocenters. The van der Waals surface area contributed by atoms with Gasteiger partial charge in [0.1, 0.15) is 18.4 Å². The number of fused-ring (bicyclic) bond motifs is 1. The molecular formula is C9H7NO2.